The first kappa shape index (κ1) is 16.2. The normalized spacial score (nSPS) is 11.2. The van der Waals surface area contributed by atoms with E-state index in [0.717, 1.165) is 38.5 Å². The summed E-state index contributed by atoms with van der Waals surface area (Å²) >= 11 is 15.8. The highest BCUT2D eigenvalue weighted by atomic mass is 35.5. The molecule has 0 fully saturated rings. The fourth-order valence-corrected chi connectivity index (χ4v) is 4.54. The summed E-state index contributed by atoms with van der Waals surface area (Å²) in [6, 6.07) is 16.5. The van der Waals surface area contributed by atoms with Crippen LogP contribution < -0.4 is 5.32 Å². The molecule has 0 saturated heterocycles. The van der Waals surface area contributed by atoms with Crippen LogP contribution in [-0.2, 0) is 6.54 Å². The van der Waals surface area contributed by atoms with E-state index in [0.29, 0.717) is 0 Å². The van der Waals surface area contributed by atoms with E-state index in [2.05, 4.69) is 35.6 Å². The van der Waals surface area contributed by atoms with E-state index in [1.54, 1.807) is 23.1 Å². The molecule has 1 nitrogen and oxygen atoms in total. The predicted molar refractivity (Wildman–Crippen MR) is 101 cm³/mol. The van der Waals surface area contributed by atoms with Crippen LogP contribution in [0, 0.1) is 0 Å². The largest absolute Gasteiger partial charge is 0.311 e. The summed E-state index contributed by atoms with van der Waals surface area (Å²) in [5.74, 6) is 0.983. The maximum atomic E-state index is 6.50. The minimum Gasteiger partial charge on any atom is -0.311 e. The van der Waals surface area contributed by atoms with E-state index in [4.69, 9.17) is 23.2 Å². The Hall–Kier alpha value is -0.710. The molecule has 0 spiro atoms. The van der Waals surface area contributed by atoms with Crippen LogP contribution in [0.3, 0.4) is 0 Å². The standard InChI is InChI=1S/C17H15Cl2NS2/c18-16-8-6-13(22-16)11-20-9-10-21-15-7-5-12-3-1-2-4-14(12)17(15)19/h1-8,20H,9-11H2. The van der Waals surface area contributed by atoms with Gasteiger partial charge in [0.15, 0.2) is 0 Å². The lowest BCUT2D eigenvalue weighted by atomic mass is 10.1. The fourth-order valence-electron chi connectivity index (χ4n) is 2.22. The zero-order valence-electron chi connectivity index (χ0n) is 11.8. The van der Waals surface area contributed by atoms with Crippen LogP contribution in [0.5, 0.6) is 0 Å². The minimum absolute atomic E-state index is 0.842. The SMILES string of the molecule is Clc1ccc(CNCCSc2ccc3ccccc3c2Cl)s1. The Labute approximate surface area is 148 Å². The maximum Gasteiger partial charge on any atom is 0.0931 e. The van der Waals surface area contributed by atoms with Crippen LogP contribution in [-0.4, -0.2) is 12.3 Å². The smallest absolute Gasteiger partial charge is 0.0931 e. The molecule has 1 N–H and O–H groups in total. The first-order valence-electron chi connectivity index (χ1n) is 6.99. The van der Waals surface area contributed by atoms with Gasteiger partial charge in [-0.05, 0) is 23.6 Å². The number of thiophene rings is 1. The summed E-state index contributed by atoms with van der Waals surface area (Å²) in [4.78, 5) is 2.40. The van der Waals surface area contributed by atoms with Crippen molar-refractivity contribution < 1.29 is 0 Å². The summed E-state index contributed by atoms with van der Waals surface area (Å²) in [5.41, 5.74) is 0. The number of fused-ring (bicyclic) bond motifs is 1. The van der Waals surface area contributed by atoms with E-state index < -0.39 is 0 Å². The van der Waals surface area contributed by atoms with Crippen molar-refractivity contribution in [1.29, 1.82) is 0 Å². The van der Waals surface area contributed by atoms with Gasteiger partial charge in [-0.1, -0.05) is 53.5 Å². The van der Waals surface area contributed by atoms with Crippen molar-refractivity contribution in [3.63, 3.8) is 0 Å². The van der Waals surface area contributed by atoms with Crippen molar-refractivity contribution in [2.24, 2.45) is 0 Å². The molecule has 0 saturated carbocycles. The van der Waals surface area contributed by atoms with Crippen molar-refractivity contribution in [2.75, 3.05) is 12.3 Å². The van der Waals surface area contributed by atoms with E-state index in [1.165, 1.54) is 10.3 Å². The van der Waals surface area contributed by atoms with Crippen molar-refractivity contribution in [2.45, 2.75) is 11.4 Å². The van der Waals surface area contributed by atoms with Crippen LogP contribution in [0.2, 0.25) is 9.36 Å². The van der Waals surface area contributed by atoms with Gasteiger partial charge >= 0.3 is 0 Å². The Kier molecular flexibility index (Phi) is 5.66. The second-order valence-electron chi connectivity index (χ2n) is 4.83. The van der Waals surface area contributed by atoms with Crippen molar-refractivity contribution in [3.8, 4) is 0 Å². The van der Waals surface area contributed by atoms with Gasteiger partial charge in [0.25, 0.3) is 0 Å². The van der Waals surface area contributed by atoms with Crippen LogP contribution in [0.4, 0.5) is 0 Å². The lowest BCUT2D eigenvalue weighted by Crippen LogP contribution is -2.15. The molecule has 0 bridgehead atoms. The van der Waals surface area contributed by atoms with Crippen LogP contribution >= 0.6 is 46.3 Å². The maximum absolute atomic E-state index is 6.50. The second-order valence-corrected chi connectivity index (χ2v) is 8.14. The number of hydrogen-bond donors (Lipinski definition) is 1. The molecule has 3 rings (SSSR count). The molecular weight excluding hydrogens is 353 g/mol. The van der Waals surface area contributed by atoms with Gasteiger partial charge in [-0.15, -0.1) is 23.1 Å². The van der Waals surface area contributed by atoms with E-state index in [9.17, 15) is 0 Å². The van der Waals surface area contributed by atoms with Gasteiger partial charge in [0.05, 0.1) is 9.36 Å². The number of hydrogen-bond acceptors (Lipinski definition) is 3. The fraction of sp³-hybridized carbons (Fsp3) is 0.176. The van der Waals surface area contributed by atoms with Gasteiger partial charge in [-0.3, -0.25) is 0 Å². The first-order chi connectivity index (χ1) is 10.7. The van der Waals surface area contributed by atoms with Gasteiger partial charge in [0.2, 0.25) is 0 Å². The summed E-state index contributed by atoms with van der Waals surface area (Å²) in [6.07, 6.45) is 0. The minimum atomic E-state index is 0.842. The lowest BCUT2D eigenvalue weighted by Gasteiger charge is -2.08. The molecule has 1 aromatic heterocycles. The topological polar surface area (TPSA) is 12.0 Å². The van der Waals surface area contributed by atoms with Gasteiger partial charge in [-0.2, -0.15) is 0 Å². The highest BCUT2D eigenvalue weighted by Crippen LogP contribution is 2.33. The van der Waals surface area contributed by atoms with Crippen LogP contribution in [0.1, 0.15) is 4.88 Å². The molecule has 5 heteroatoms. The third kappa shape index (κ3) is 3.98. The quantitative estimate of drug-likeness (QED) is 0.417. The van der Waals surface area contributed by atoms with Crippen LogP contribution in [0.25, 0.3) is 10.8 Å². The Morgan fingerprint density at radius 1 is 1.00 bits per heavy atom. The van der Waals surface area contributed by atoms with Crippen molar-refractivity contribution >= 4 is 57.1 Å². The highest BCUT2D eigenvalue weighted by molar-refractivity contribution is 7.99. The molecule has 114 valence electrons. The molecule has 0 aliphatic heterocycles. The van der Waals surface area contributed by atoms with E-state index in [-0.39, 0.29) is 0 Å². The average Bonchev–Trinajstić information content (AvgIpc) is 2.95. The third-order valence-corrected chi connectivity index (χ3v) is 6.10. The van der Waals surface area contributed by atoms with Gasteiger partial charge < -0.3 is 5.32 Å². The number of thioether (sulfide) groups is 1. The third-order valence-electron chi connectivity index (χ3n) is 3.29. The number of benzene rings is 2. The Morgan fingerprint density at radius 3 is 2.68 bits per heavy atom. The molecule has 0 radical (unpaired) electrons. The Balaban J connectivity index is 1.52. The summed E-state index contributed by atoms with van der Waals surface area (Å²) in [7, 11) is 0. The summed E-state index contributed by atoms with van der Waals surface area (Å²) < 4.78 is 0.842. The monoisotopic (exact) mass is 367 g/mol. The zero-order chi connectivity index (χ0) is 15.4. The molecule has 0 aliphatic carbocycles. The number of halogens is 2. The molecular formula is C17H15Cl2NS2. The zero-order valence-corrected chi connectivity index (χ0v) is 15.0. The molecule has 2 aromatic carbocycles. The Bertz CT molecular complexity index is 770. The average molecular weight is 368 g/mol. The van der Waals surface area contributed by atoms with Crippen LogP contribution in [0.15, 0.2) is 53.4 Å². The van der Waals surface area contributed by atoms with Gasteiger partial charge in [-0.25, -0.2) is 0 Å². The molecule has 1 heterocycles. The molecule has 0 atom stereocenters. The second kappa shape index (κ2) is 7.71. The molecule has 22 heavy (non-hydrogen) atoms. The van der Waals surface area contributed by atoms with Crippen molar-refractivity contribution in [3.05, 3.63) is 62.8 Å². The molecule has 0 aliphatic rings. The number of rotatable bonds is 6. The highest BCUT2D eigenvalue weighted by Gasteiger charge is 2.05. The number of nitrogens with one attached hydrogen (secondary N) is 1. The van der Waals surface area contributed by atoms with Gasteiger partial charge in [0.1, 0.15) is 0 Å². The Morgan fingerprint density at radius 2 is 1.86 bits per heavy atom. The summed E-state index contributed by atoms with van der Waals surface area (Å²) in [6.45, 7) is 1.80. The lowest BCUT2D eigenvalue weighted by molar-refractivity contribution is 0.741. The van der Waals surface area contributed by atoms with E-state index in [1.807, 2.05) is 18.2 Å². The predicted octanol–water partition coefficient (Wildman–Crippen LogP) is 6.09. The first-order valence-corrected chi connectivity index (χ1v) is 9.55. The van der Waals surface area contributed by atoms with E-state index >= 15 is 0 Å². The molecule has 0 unspecified atom stereocenters. The summed E-state index contributed by atoms with van der Waals surface area (Å²) in [5, 5.41) is 6.59. The van der Waals surface area contributed by atoms with Crippen molar-refractivity contribution in [1.82, 2.24) is 5.32 Å². The van der Waals surface area contributed by atoms with Gasteiger partial charge in [0, 0.05) is 34.0 Å². The molecule has 3 aromatic rings. The molecule has 0 amide bonds.